The number of carboxylic acids is 1. The number of carbonyl (C=O) groups is 1. The minimum atomic E-state index is -1.48. The number of anilines is 2. The van der Waals surface area contributed by atoms with Crippen molar-refractivity contribution in [3.8, 4) is 0 Å². The first-order valence-electron chi connectivity index (χ1n) is 6.71. The number of aliphatic hydroxyl groups excluding tert-OH is 1. The predicted octanol–water partition coefficient (Wildman–Crippen LogP) is 3.43. The Kier molecular flexibility index (Phi) is 3.61. The molecule has 0 saturated carbocycles. The van der Waals surface area contributed by atoms with E-state index < -0.39 is 12.1 Å². The molecule has 0 bridgehead atoms. The van der Waals surface area contributed by atoms with E-state index in [-0.39, 0.29) is 0 Å². The number of carboxylic acid groups (broad SMARTS) is 1. The second-order valence-corrected chi connectivity index (χ2v) is 5.87. The summed E-state index contributed by atoms with van der Waals surface area (Å²) in [7, 11) is 0. The van der Waals surface area contributed by atoms with Crippen LogP contribution in [0.3, 0.4) is 0 Å². The average molecular weight is 301 g/mol. The van der Waals surface area contributed by atoms with Gasteiger partial charge in [-0.25, -0.2) is 4.79 Å². The summed E-state index contributed by atoms with van der Waals surface area (Å²) in [5.41, 5.74) is 2.61. The maximum Gasteiger partial charge on any atom is 0.337 e. The fraction of sp³-hybridized carbons (Fsp3) is 0.188. The Morgan fingerprint density at radius 1 is 1.19 bits per heavy atom. The summed E-state index contributed by atoms with van der Waals surface area (Å²) in [5, 5.41) is 18.6. The number of hydrogen-bond donors (Lipinski definition) is 2. The number of aliphatic hydroxyl groups is 1. The molecule has 0 amide bonds. The summed E-state index contributed by atoms with van der Waals surface area (Å²) in [5.74, 6) is -1.23. The second kappa shape index (κ2) is 5.42. The molecule has 2 N–H and O–H groups in total. The Hall–Kier alpha value is -1.98. The Labute approximate surface area is 127 Å². The van der Waals surface area contributed by atoms with Crippen molar-refractivity contribution < 1.29 is 15.0 Å². The van der Waals surface area contributed by atoms with Crippen LogP contribution in [-0.4, -0.2) is 22.7 Å². The molecule has 0 unspecified atom stereocenters. The molecular formula is C16H15NO3S. The zero-order chi connectivity index (χ0) is 15.0. The third kappa shape index (κ3) is 2.39. The van der Waals surface area contributed by atoms with Gasteiger partial charge in [0.15, 0.2) is 6.10 Å². The van der Waals surface area contributed by atoms with Gasteiger partial charge in [-0.1, -0.05) is 30.0 Å². The van der Waals surface area contributed by atoms with Gasteiger partial charge in [0.05, 0.1) is 11.4 Å². The minimum absolute atomic E-state index is 0.407. The topological polar surface area (TPSA) is 60.8 Å². The fourth-order valence-electron chi connectivity index (χ4n) is 2.50. The quantitative estimate of drug-likeness (QED) is 0.909. The molecule has 0 aliphatic carbocycles. The summed E-state index contributed by atoms with van der Waals surface area (Å²) in [6.07, 6.45) is -1.48. The third-order valence-corrected chi connectivity index (χ3v) is 4.63. The highest BCUT2D eigenvalue weighted by molar-refractivity contribution is 7.99. The van der Waals surface area contributed by atoms with E-state index >= 15 is 0 Å². The molecular weight excluding hydrogens is 286 g/mol. The second-order valence-electron chi connectivity index (χ2n) is 4.78. The van der Waals surface area contributed by atoms with Crippen LogP contribution in [0.15, 0.2) is 52.3 Å². The third-order valence-electron chi connectivity index (χ3n) is 3.52. The van der Waals surface area contributed by atoms with Crippen molar-refractivity contribution in [2.24, 2.45) is 0 Å². The van der Waals surface area contributed by atoms with Crippen molar-refractivity contribution in [1.82, 2.24) is 0 Å². The highest BCUT2D eigenvalue weighted by atomic mass is 32.2. The van der Waals surface area contributed by atoms with Crippen molar-refractivity contribution >= 4 is 29.1 Å². The average Bonchev–Trinajstić information content (AvgIpc) is 2.51. The van der Waals surface area contributed by atoms with Crippen molar-refractivity contribution in [1.29, 1.82) is 0 Å². The molecule has 1 heterocycles. The van der Waals surface area contributed by atoms with Gasteiger partial charge in [0.25, 0.3) is 0 Å². The molecule has 0 saturated heterocycles. The van der Waals surface area contributed by atoms with E-state index in [1.807, 2.05) is 24.3 Å². The van der Waals surface area contributed by atoms with Gasteiger partial charge in [-0.15, -0.1) is 0 Å². The van der Waals surface area contributed by atoms with E-state index in [9.17, 15) is 9.90 Å². The summed E-state index contributed by atoms with van der Waals surface area (Å²) >= 11 is 1.60. The van der Waals surface area contributed by atoms with Gasteiger partial charge in [0.2, 0.25) is 0 Å². The SMILES string of the molecule is CCN1c2ccccc2Sc2cc([C@H](O)C(=O)O)ccc21. The zero-order valence-corrected chi connectivity index (χ0v) is 12.3. The Morgan fingerprint density at radius 2 is 1.90 bits per heavy atom. The number of rotatable bonds is 3. The number of benzene rings is 2. The summed E-state index contributed by atoms with van der Waals surface area (Å²) in [4.78, 5) is 15.2. The maximum atomic E-state index is 10.9. The number of hydrogen-bond acceptors (Lipinski definition) is 4. The summed E-state index contributed by atoms with van der Waals surface area (Å²) in [6.45, 7) is 2.90. The minimum Gasteiger partial charge on any atom is -0.479 e. The summed E-state index contributed by atoms with van der Waals surface area (Å²) < 4.78 is 0. The lowest BCUT2D eigenvalue weighted by Gasteiger charge is -2.32. The Morgan fingerprint density at radius 3 is 2.62 bits per heavy atom. The lowest BCUT2D eigenvalue weighted by Crippen LogP contribution is -2.20. The van der Waals surface area contributed by atoms with Crippen LogP contribution in [-0.2, 0) is 4.79 Å². The van der Waals surface area contributed by atoms with E-state index in [0.29, 0.717) is 5.56 Å². The highest BCUT2D eigenvalue weighted by Gasteiger charge is 2.24. The lowest BCUT2D eigenvalue weighted by molar-refractivity contribution is -0.146. The fourth-order valence-corrected chi connectivity index (χ4v) is 3.65. The van der Waals surface area contributed by atoms with Gasteiger partial charge in [0.1, 0.15) is 0 Å². The molecule has 0 aromatic heterocycles. The molecule has 1 aliphatic rings. The normalized spacial score (nSPS) is 14.3. The molecule has 0 radical (unpaired) electrons. The molecule has 1 atom stereocenters. The van der Waals surface area contributed by atoms with Gasteiger partial charge >= 0.3 is 5.97 Å². The first-order chi connectivity index (χ1) is 10.1. The Balaban J connectivity index is 2.07. The molecule has 0 spiro atoms. The van der Waals surface area contributed by atoms with Crippen molar-refractivity contribution in [3.05, 3.63) is 48.0 Å². The van der Waals surface area contributed by atoms with Gasteiger partial charge in [-0.2, -0.15) is 0 Å². The molecule has 0 fully saturated rings. The number of nitrogens with zero attached hydrogens (tertiary/aromatic N) is 1. The molecule has 2 aromatic carbocycles. The van der Waals surface area contributed by atoms with Crippen LogP contribution in [0.25, 0.3) is 0 Å². The van der Waals surface area contributed by atoms with Crippen LogP contribution < -0.4 is 4.90 Å². The number of para-hydroxylation sites is 1. The van der Waals surface area contributed by atoms with Crippen LogP contribution in [0, 0.1) is 0 Å². The standard InChI is InChI=1S/C16H15NO3S/c1-2-17-11-5-3-4-6-13(11)21-14-9-10(7-8-12(14)17)15(18)16(19)20/h3-9,15,18H,2H2,1H3,(H,19,20)/t15-/m0/s1. The van der Waals surface area contributed by atoms with Crippen molar-refractivity contribution in [3.63, 3.8) is 0 Å². The molecule has 108 valence electrons. The lowest BCUT2D eigenvalue weighted by atomic mass is 10.1. The first-order valence-corrected chi connectivity index (χ1v) is 7.52. The van der Waals surface area contributed by atoms with Crippen molar-refractivity contribution in [2.75, 3.05) is 11.4 Å². The van der Waals surface area contributed by atoms with Crippen LogP contribution in [0.4, 0.5) is 11.4 Å². The summed E-state index contributed by atoms with van der Waals surface area (Å²) in [6, 6.07) is 13.4. The monoisotopic (exact) mass is 301 g/mol. The number of aliphatic carboxylic acids is 1. The van der Waals surface area contributed by atoms with E-state index in [2.05, 4.69) is 17.9 Å². The predicted molar refractivity (Wildman–Crippen MR) is 82.3 cm³/mol. The Bertz CT molecular complexity index is 702. The molecule has 1 aliphatic heterocycles. The zero-order valence-electron chi connectivity index (χ0n) is 11.5. The van der Waals surface area contributed by atoms with E-state index in [1.54, 1.807) is 23.9 Å². The van der Waals surface area contributed by atoms with E-state index in [0.717, 1.165) is 27.7 Å². The molecule has 5 heteroatoms. The maximum absolute atomic E-state index is 10.9. The van der Waals surface area contributed by atoms with Gasteiger partial charge in [-0.05, 0) is 36.8 Å². The number of fused-ring (bicyclic) bond motifs is 2. The molecule has 4 nitrogen and oxygen atoms in total. The molecule has 3 rings (SSSR count). The largest absolute Gasteiger partial charge is 0.479 e. The van der Waals surface area contributed by atoms with E-state index in [1.165, 1.54) is 0 Å². The van der Waals surface area contributed by atoms with Crippen LogP contribution in [0.2, 0.25) is 0 Å². The molecule has 21 heavy (non-hydrogen) atoms. The van der Waals surface area contributed by atoms with Crippen LogP contribution in [0.5, 0.6) is 0 Å². The first kappa shape index (κ1) is 14.0. The molecule has 2 aromatic rings. The van der Waals surface area contributed by atoms with Crippen LogP contribution in [0.1, 0.15) is 18.6 Å². The highest BCUT2D eigenvalue weighted by Crippen LogP contribution is 2.48. The van der Waals surface area contributed by atoms with Gasteiger partial charge in [-0.3, -0.25) is 0 Å². The van der Waals surface area contributed by atoms with Crippen LogP contribution >= 0.6 is 11.8 Å². The van der Waals surface area contributed by atoms with Gasteiger partial charge in [0, 0.05) is 16.3 Å². The van der Waals surface area contributed by atoms with Gasteiger partial charge < -0.3 is 15.1 Å². The van der Waals surface area contributed by atoms with E-state index in [4.69, 9.17) is 5.11 Å². The van der Waals surface area contributed by atoms with Crippen molar-refractivity contribution in [2.45, 2.75) is 22.8 Å². The smallest absolute Gasteiger partial charge is 0.337 e.